The van der Waals surface area contributed by atoms with E-state index in [2.05, 4.69) is 0 Å². The van der Waals surface area contributed by atoms with Crippen LogP contribution in [0.15, 0.2) is 0 Å². The molecule has 0 aliphatic carbocycles. The van der Waals surface area contributed by atoms with Gasteiger partial charge in [-0.15, -0.1) is 0 Å². The molecule has 0 rings (SSSR count). The van der Waals surface area contributed by atoms with E-state index >= 15 is 0 Å². The zero-order valence-corrected chi connectivity index (χ0v) is 14.1. The van der Waals surface area contributed by atoms with Crippen molar-refractivity contribution < 1.29 is 54.9 Å². The first-order valence-electron chi connectivity index (χ1n) is 6.88. The third-order valence-corrected chi connectivity index (χ3v) is 9.14. The summed E-state index contributed by atoms with van der Waals surface area (Å²) in [5.41, 5.74) is 2.75. The van der Waals surface area contributed by atoms with E-state index < -0.39 is 80.1 Å². The fraction of sp³-hybridized carbons (Fsp3) is 0.667. The number of rotatable bonds is 12. The molecule has 13 heteroatoms. The fourth-order valence-electron chi connectivity index (χ4n) is 3.03. The monoisotopic (exact) mass is 387 g/mol. The van der Waals surface area contributed by atoms with Gasteiger partial charge in [0.1, 0.15) is 0 Å². The van der Waals surface area contributed by atoms with Gasteiger partial charge in [-0.25, -0.2) is 0 Å². The van der Waals surface area contributed by atoms with Gasteiger partial charge >= 0.3 is 141 Å². The van der Waals surface area contributed by atoms with Crippen LogP contribution < -0.4 is 5.73 Å². The Labute approximate surface area is 141 Å². The van der Waals surface area contributed by atoms with Crippen molar-refractivity contribution in [2.24, 2.45) is 5.73 Å². The molecule has 0 saturated heterocycles. The van der Waals surface area contributed by atoms with Crippen molar-refractivity contribution in [3.05, 3.63) is 0 Å². The van der Waals surface area contributed by atoms with Crippen molar-refractivity contribution >= 4 is 31.1 Å². The molecule has 0 radical (unpaired) electrons. The van der Waals surface area contributed by atoms with Crippen LogP contribution >= 0.6 is 7.26 Å². The van der Waals surface area contributed by atoms with Crippen LogP contribution in [0.5, 0.6) is 0 Å². The first-order chi connectivity index (χ1) is 11.4. The molecule has 0 aromatic heterocycles. The molecule has 0 fully saturated rings. The SMILES string of the molecule is NC(CC(=O)O)(C(=O)O)C(CC(=O)O)(CC(=O)O)[PH](CO)(CO)CO. The van der Waals surface area contributed by atoms with Gasteiger partial charge in [0.2, 0.25) is 0 Å². The Hall–Kier alpha value is -1.85. The quantitative estimate of drug-likeness (QED) is 0.163. The summed E-state index contributed by atoms with van der Waals surface area (Å²) in [5.74, 6) is -7.24. The van der Waals surface area contributed by atoms with Crippen LogP contribution in [-0.4, -0.2) is 89.4 Å². The number of carboxylic acids is 4. The molecule has 0 aliphatic heterocycles. The summed E-state index contributed by atoms with van der Waals surface area (Å²) < 4.78 is 0. The summed E-state index contributed by atoms with van der Waals surface area (Å²) in [6.45, 7) is 0. The number of nitrogens with two attached hydrogens (primary N) is 1. The third-order valence-electron chi connectivity index (χ3n) is 4.49. The molecule has 25 heavy (non-hydrogen) atoms. The zero-order chi connectivity index (χ0) is 20.1. The van der Waals surface area contributed by atoms with E-state index in [0.717, 1.165) is 0 Å². The average Bonchev–Trinajstić information content (AvgIpc) is 2.46. The Morgan fingerprint density at radius 3 is 1.24 bits per heavy atom. The number of aliphatic hydroxyl groups excluding tert-OH is 3. The Morgan fingerprint density at radius 2 is 1.04 bits per heavy atom. The van der Waals surface area contributed by atoms with Gasteiger partial charge in [-0.3, -0.25) is 0 Å². The molecule has 0 heterocycles. The van der Waals surface area contributed by atoms with Crippen LogP contribution in [0.3, 0.4) is 0 Å². The Bertz CT molecular complexity index is 523. The Kier molecular flexibility index (Phi) is 7.87. The first kappa shape index (κ1) is 23.1. The van der Waals surface area contributed by atoms with Crippen molar-refractivity contribution in [3.63, 3.8) is 0 Å². The number of carbonyl (C=O) groups is 4. The van der Waals surface area contributed by atoms with Crippen LogP contribution in [0.25, 0.3) is 0 Å². The molecule has 0 amide bonds. The van der Waals surface area contributed by atoms with Crippen molar-refractivity contribution in [3.8, 4) is 0 Å². The van der Waals surface area contributed by atoms with E-state index in [-0.39, 0.29) is 0 Å². The predicted octanol–water partition coefficient (Wildman–Crippen LogP) is -2.47. The van der Waals surface area contributed by atoms with Crippen LogP contribution in [0.1, 0.15) is 19.3 Å². The van der Waals surface area contributed by atoms with Gasteiger partial charge in [-0.05, 0) is 0 Å². The van der Waals surface area contributed by atoms with Gasteiger partial charge in [0.05, 0.1) is 0 Å². The summed E-state index contributed by atoms with van der Waals surface area (Å²) in [6, 6.07) is 0. The number of aliphatic carboxylic acids is 4. The summed E-state index contributed by atoms with van der Waals surface area (Å²) in [4.78, 5) is 45.6. The molecule has 1 atom stereocenters. The first-order valence-corrected chi connectivity index (χ1v) is 9.50. The molecule has 0 aromatic rings. The van der Waals surface area contributed by atoms with E-state index in [1.807, 2.05) is 0 Å². The Balaban J connectivity index is 7.01. The normalized spacial score (nSPS) is 15.2. The van der Waals surface area contributed by atoms with E-state index in [0.29, 0.717) is 0 Å². The van der Waals surface area contributed by atoms with Gasteiger partial charge in [-0.2, -0.15) is 0 Å². The minimum absolute atomic E-state index is 1.10. The molecule has 0 bridgehead atoms. The second-order valence-electron chi connectivity index (χ2n) is 5.82. The molecule has 0 aromatic carbocycles. The van der Waals surface area contributed by atoms with Crippen molar-refractivity contribution in [2.75, 3.05) is 19.0 Å². The predicted molar refractivity (Wildman–Crippen MR) is 83.6 cm³/mol. The molecule has 146 valence electrons. The van der Waals surface area contributed by atoms with Crippen LogP contribution in [0.2, 0.25) is 0 Å². The summed E-state index contributed by atoms with van der Waals surface area (Å²) in [5, 5.41) is 63.3. The topological polar surface area (TPSA) is 236 Å². The second kappa shape index (κ2) is 8.50. The van der Waals surface area contributed by atoms with Crippen LogP contribution in [0, 0.1) is 0 Å². The van der Waals surface area contributed by atoms with Crippen molar-refractivity contribution in [1.82, 2.24) is 0 Å². The Morgan fingerprint density at radius 1 is 0.720 bits per heavy atom. The molecule has 12 nitrogen and oxygen atoms in total. The van der Waals surface area contributed by atoms with E-state index in [4.69, 9.17) is 10.8 Å². The van der Waals surface area contributed by atoms with Gasteiger partial charge in [0.15, 0.2) is 0 Å². The van der Waals surface area contributed by atoms with Crippen LogP contribution in [0.4, 0.5) is 0 Å². The fourth-order valence-corrected chi connectivity index (χ4v) is 6.44. The maximum atomic E-state index is 11.8. The number of hydrogen-bond acceptors (Lipinski definition) is 8. The molecule has 1 unspecified atom stereocenters. The summed E-state index contributed by atoms with van der Waals surface area (Å²) in [7, 11) is -4.25. The van der Waals surface area contributed by atoms with Gasteiger partial charge in [0, 0.05) is 0 Å². The van der Waals surface area contributed by atoms with Crippen LogP contribution in [-0.2, 0) is 19.2 Å². The van der Waals surface area contributed by atoms with Crippen molar-refractivity contribution in [2.45, 2.75) is 30.0 Å². The standard InChI is InChI=1S/C12H22NO11P/c13-12(10(23)24,3-9(21)22)11(1-7(17)18,2-8(19)20)25(4-14,5-15)6-16/h14-16,25H,1-6,13H2,(H,17,18)(H,19,20)(H,21,22)(H,23,24). The number of carboxylic acid groups (broad SMARTS) is 4. The van der Waals surface area contributed by atoms with Gasteiger partial charge in [0.25, 0.3) is 0 Å². The van der Waals surface area contributed by atoms with Gasteiger partial charge in [-0.1, -0.05) is 0 Å². The summed E-state index contributed by atoms with van der Waals surface area (Å²) >= 11 is 0. The average molecular weight is 387 g/mol. The molecule has 0 saturated carbocycles. The van der Waals surface area contributed by atoms with E-state index in [1.54, 1.807) is 0 Å². The number of hydrogen-bond donors (Lipinski definition) is 8. The number of aliphatic hydroxyl groups is 3. The molecule has 0 aliphatic rings. The molecule has 9 N–H and O–H groups in total. The molecular weight excluding hydrogens is 365 g/mol. The summed E-state index contributed by atoms with van der Waals surface area (Å²) in [6.07, 6.45) is -7.24. The van der Waals surface area contributed by atoms with E-state index in [9.17, 15) is 49.8 Å². The van der Waals surface area contributed by atoms with Crippen molar-refractivity contribution in [1.29, 1.82) is 0 Å². The van der Waals surface area contributed by atoms with Gasteiger partial charge < -0.3 is 0 Å². The maximum absolute atomic E-state index is 11.8. The molecule has 0 spiro atoms. The molecular formula is C12H22NO11P. The zero-order valence-electron chi connectivity index (χ0n) is 13.1. The van der Waals surface area contributed by atoms with E-state index in [1.165, 1.54) is 0 Å². The minimum atomic E-state index is -4.25. The second-order valence-corrected chi connectivity index (χ2v) is 10.3. The third kappa shape index (κ3) is 4.22.